The van der Waals surface area contributed by atoms with Crippen molar-refractivity contribution in [1.29, 1.82) is 0 Å². The van der Waals surface area contributed by atoms with Crippen LogP contribution in [0.5, 0.6) is 11.5 Å². The van der Waals surface area contributed by atoms with Gasteiger partial charge in [0.2, 0.25) is 0 Å². The van der Waals surface area contributed by atoms with Gasteiger partial charge >= 0.3 is 0 Å². The summed E-state index contributed by atoms with van der Waals surface area (Å²) in [5.74, 6) is 0.576. The number of hydrogen-bond donors (Lipinski definition) is 1. The molecule has 0 atom stereocenters. The van der Waals surface area contributed by atoms with Gasteiger partial charge in [0.15, 0.2) is 11.5 Å². The number of methoxy groups -OCH3 is 1. The van der Waals surface area contributed by atoms with E-state index >= 15 is 0 Å². The molecular weight excluding hydrogens is 558 g/mol. The monoisotopic (exact) mass is 573 g/mol. The average molecular weight is 575 g/mol. The lowest BCUT2D eigenvalue weighted by Crippen LogP contribution is -2.16. The lowest BCUT2D eigenvalue weighted by atomic mass is 10.2. The van der Waals surface area contributed by atoms with Gasteiger partial charge in [-0.25, -0.2) is 5.43 Å². The van der Waals surface area contributed by atoms with Crippen LogP contribution in [0.2, 0.25) is 5.02 Å². The number of thiophene rings is 1. The van der Waals surface area contributed by atoms with Gasteiger partial charge in [-0.05, 0) is 46.3 Å². The molecule has 0 bridgehead atoms. The van der Waals surface area contributed by atoms with Crippen LogP contribution in [0.4, 0.5) is 5.69 Å². The van der Waals surface area contributed by atoms with Crippen LogP contribution in [0.25, 0.3) is 10.1 Å². The molecule has 0 aliphatic rings. The van der Waals surface area contributed by atoms with Crippen LogP contribution in [-0.2, 0) is 6.61 Å². The maximum absolute atomic E-state index is 12.5. The number of nitro groups is 1. The molecule has 0 fully saturated rings. The standard InChI is InChI=1S/C24H17BrClN3O5S/c1-33-20-9-16(18(25)11-21(20)34-13-14-4-2-3-5-19(14)26)12-27-28-24(30)23-10-15-8-17(29(31)32)6-7-22(15)35-23/h2-12H,13H2,1H3,(H,28,30)/b27-12-. The molecule has 0 saturated carbocycles. The van der Waals surface area contributed by atoms with E-state index in [-0.39, 0.29) is 12.3 Å². The van der Waals surface area contributed by atoms with E-state index in [1.54, 1.807) is 30.3 Å². The van der Waals surface area contributed by atoms with E-state index in [2.05, 4.69) is 26.5 Å². The lowest BCUT2D eigenvalue weighted by Gasteiger charge is -2.13. The molecule has 1 N–H and O–H groups in total. The van der Waals surface area contributed by atoms with E-state index in [1.165, 1.54) is 36.8 Å². The van der Waals surface area contributed by atoms with Crippen molar-refractivity contribution in [3.05, 3.63) is 96.3 Å². The van der Waals surface area contributed by atoms with Crippen LogP contribution in [0.1, 0.15) is 20.8 Å². The molecule has 0 unspecified atom stereocenters. The summed E-state index contributed by atoms with van der Waals surface area (Å²) in [5, 5.41) is 16.2. The summed E-state index contributed by atoms with van der Waals surface area (Å²) in [7, 11) is 1.53. The van der Waals surface area contributed by atoms with Crippen LogP contribution in [0, 0.1) is 10.1 Å². The SMILES string of the molecule is COc1cc(/C=N\NC(=O)c2cc3cc([N+](=O)[O-])ccc3s2)c(Br)cc1OCc1ccccc1Cl. The summed E-state index contributed by atoms with van der Waals surface area (Å²) >= 11 is 10.9. The second kappa shape index (κ2) is 10.9. The largest absolute Gasteiger partial charge is 0.493 e. The Hall–Kier alpha value is -3.47. The molecule has 11 heteroatoms. The van der Waals surface area contributed by atoms with Gasteiger partial charge in [0.05, 0.1) is 23.1 Å². The van der Waals surface area contributed by atoms with Gasteiger partial charge in [0, 0.05) is 42.8 Å². The highest BCUT2D eigenvalue weighted by Gasteiger charge is 2.14. The molecule has 1 amide bonds. The van der Waals surface area contributed by atoms with Gasteiger partial charge in [0.1, 0.15) is 6.61 Å². The molecule has 4 aromatic rings. The molecule has 4 rings (SSSR count). The molecule has 3 aromatic carbocycles. The molecule has 0 aliphatic heterocycles. The topological polar surface area (TPSA) is 103 Å². The summed E-state index contributed by atoms with van der Waals surface area (Å²) in [6.07, 6.45) is 1.47. The lowest BCUT2D eigenvalue weighted by molar-refractivity contribution is -0.384. The van der Waals surface area contributed by atoms with Gasteiger partial charge < -0.3 is 9.47 Å². The van der Waals surface area contributed by atoms with Gasteiger partial charge in [-0.3, -0.25) is 14.9 Å². The number of rotatable bonds is 8. The Labute approximate surface area is 217 Å². The minimum atomic E-state index is -0.472. The number of nitro benzene ring substituents is 1. The van der Waals surface area contributed by atoms with Crippen molar-refractivity contribution >= 4 is 66.8 Å². The highest BCUT2D eigenvalue weighted by atomic mass is 79.9. The van der Waals surface area contributed by atoms with Gasteiger partial charge in [-0.1, -0.05) is 29.8 Å². The highest BCUT2D eigenvalue weighted by Crippen LogP contribution is 2.34. The summed E-state index contributed by atoms with van der Waals surface area (Å²) in [4.78, 5) is 23.4. The Morgan fingerprint density at radius 3 is 2.74 bits per heavy atom. The summed E-state index contributed by atoms with van der Waals surface area (Å²) in [6, 6.07) is 16.9. The second-order valence-electron chi connectivity index (χ2n) is 7.19. The first-order chi connectivity index (χ1) is 16.9. The molecular formula is C24H17BrClN3O5S. The van der Waals surface area contributed by atoms with E-state index in [9.17, 15) is 14.9 Å². The number of carbonyl (C=O) groups excluding carboxylic acids is 1. The van der Waals surface area contributed by atoms with E-state index in [0.717, 1.165) is 10.3 Å². The Bertz CT molecular complexity index is 1460. The number of benzene rings is 3. The zero-order valence-electron chi connectivity index (χ0n) is 18.2. The quantitative estimate of drug-likeness (QED) is 0.146. The molecule has 0 saturated heterocycles. The Morgan fingerprint density at radius 1 is 1.20 bits per heavy atom. The minimum absolute atomic E-state index is 0.0293. The molecule has 0 radical (unpaired) electrons. The number of hydrazone groups is 1. The molecule has 8 nitrogen and oxygen atoms in total. The molecule has 0 spiro atoms. The fourth-order valence-electron chi connectivity index (χ4n) is 3.16. The van der Waals surface area contributed by atoms with E-state index in [1.807, 2.05) is 18.2 Å². The molecule has 1 aromatic heterocycles. The Morgan fingerprint density at radius 2 is 2.00 bits per heavy atom. The molecule has 178 valence electrons. The number of ether oxygens (including phenoxy) is 2. The number of amides is 1. The van der Waals surface area contributed by atoms with Crippen molar-refractivity contribution in [3.8, 4) is 11.5 Å². The number of fused-ring (bicyclic) bond motifs is 1. The number of carbonyl (C=O) groups is 1. The van der Waals surface area contributed by atoms with Crippen LogP contribution >= 0.6 is 38.9 Å². The van der Waals surface area contributed by atoms with E-state index in [4.69, 9.17) is 21.1 Å². The second-order valence-corrected chi connectivity index (χ2v) is 9.54. The third-order valence-electron chi connectivity index (χ3n) is 4.93. The first kappa shape index (κ1) is 24.6. The zero-order valence-corrected chi connectivity index (χ0v) is 21.3. The molecule has 0 aliphatic carbocycles. The average Bonchev–Trinajstić information content (AvgIpc) is 3.28. The maximum Gasteiger partial charge on any atom is 0.281 e. The van der Waals surface area contributed by atoms with Gasteiger partial charge in [-0.2, -0.15) is 5.10 Å². The third kappa shape index (κ3) is 5.79. The van der Waals surface area contributed by atoms with Crippen molar-refractivity contribution in [3.63, 3.8) is 0 Å². The maximum atomic E-state index is 12.5. The fourth-order valence-corrected chi connectivity index (χ4v) is 4.71. The van der Waals surface area contributed by atoms with Crippen molar-refractivity contribution in [2.45, 2.75) is 6.61 Å². The van der Waals surface area contributed by atoms with Crippen molar-refractivity contribution in [2.24, 2.45) is 5.10 Å². The fraction of sp³-hybridized carbons (Fsp3) is 0.0833. The predicted octanol–water partition coefficient (Wildman–Crippen LogP) is 6.58. The summed E-state index contributed by atoms with van der Waals surface area (Å²) in [5.41, 5.74) is 3.94. The normalized spacial score (nSPS) is 11.1. The van der Waals surface area contributed by atoms with Crippen LogP contribution < -0.4 is 14.9 Å². The number of non-ortho nitro benzene ring substituents is 1. The first-order valence-corrected chi connectivity index (χ1v) is 12.1. The third-order valence-corrected chi connectivity index (χ3v) is 7.10. The van der Waals surface area contributed by atoms with Crippen LogP contribution in [-0.4, -0.2) is 24.2 Å². The summed E-state index contributed by atoms with van der Waals surface area (Å²) in [6.45, 7) is 0.268. The van der Waals surface area contributed by atoms with Crippen molar-refractivity contribution in [1.82, 2.24) is 5.43 Å². The zero-order chi connectivity index (χ0) is 24.9. The first-order valence-electron chi connectivity index (χ1n) is 10.1. The van der Waals surface area contributed by atoms with Gasteiger partial charge in [0.25, 0.3) is 11.6 Å². The van der Waals surface area contributed by atoms with E-state index < -0.39 is 10.8 Å². The van der Waals surface area contributed by atoms with Crippen LogP contribution in [0.3, 0.4) is 0 Å². The summed E-state index contributed by atoms with van der Waals surface area (Å²) < 4.78 is 12.8. The van der Waals surface area contributed by atoms with E-state index in [0.29, 0.717) is 36.8 Å². The Kier molecular flexibility index (Phi) is 7.64. The number of halogens is 2. The number of nitrogens with zero attached hydrogens (tertiary/aromatic N) is 2. The van der Waals surface area contributed by atoms with Crippen molar-refractivity contribution < 1.29 is 19.2 Å². The molecule has 1 heterocycles. The number of nitrogens with one attached hydrogen (secondary N) is 1. The van der Waals surface area contributed by atoms with Crippen molar-refractivity contribution in [2.75, 3.05) is 7.11 Å². The highest BCUT2D eigenvalue weighted by molar-refractivity contribution is 9.10. The Balaban J connectivity index is 1.45. The minimum Gasteiger partial charge on any atom is -0.493 e. The van der Waals surface area contributed by atoms with Gasteiger partial charge in [-0.15, -0.1) is 11.3 Å². The smallest absolute Gasteiger partial charge is 0.281 e. The molecule has 35 heavy (non-hydrogen) atoms. The predicted molar refractivity (Wildman–Crippen MR) is 140 cm³/mol. The van der Waals surface area contributed by atoms with Crippen LogP contribution in [0.15, 0.2) is 70.2 Å². The number of hydrogen-bond acceptors (Lipinski definition) is 7.